The van der Waals surface area contributed by atoms with Gasteiger partial charge in [0.1, 0.15) is 0 Å². The second-order valence-corrected chi connectivity index (χ2v) is 7.61. The van der Waals surface area contributed by atoms with Gasteiger partial charge in [-0.3, -0.25) is 0 Å². The second-order valence-electron chi connectivity index (χ2n) is 7.61. The van der Waals surface area contributed by atoms with Crippen LogP contribution in [0.25, 0.3) is 22.2 Å². The predicted molar refractivity (Wildman–Crippen MR) is 108 cm³/mol. The summed E-state index contributed by atoms with van der Waals surface area (Å²) in [6.45, 7) is 13.3. The summed E-state index contributed by atoms with van der Waals surface area (Å²) in [5.74, 6) is 0.669. The van der Waals surface area contributed by atoms with Gasteiger partial charge in [0.25, 0.3) is 0 Å². The van der Waals surface area contributed by atoms with Gasteiger partial charge in [0.05, 0.1) is 5.56 Å². The first-order chi connectivity index (χ1) is 12.0. The minimum Gasteiger partial charge on any atom is -0.182 e. The summed E-state index contributed by atoms with van der Waals surface area (Å²) in [4.78, 5) is 0. The molecule has 0 radical (unpaired) electrons. The van der Waals surface area contributed by atoms with E-state index < -0.39 is 0 Å². The van der Waals surface area contributed by atoms with E-state index in [9.17, 15) is 0 Å². The van der Waals surface area contributed by atoms with Gasteiger partial charge >= 0.3 is 0 Å². The SMILES string of the molecule is CC.CC(C)Cc1cccc2c1C(C)(C)[n+]1c-2ccc2ccccc21. The van der Waals surface area contributed by atoms with Crippen LogP contribution >= 0.6 is 0 Å². The standard InChI is InChI=1S/C22H24N.C2H6/c1-15(2)14-17-9-7-10-18-20-13-12-16-8-5-6-11-19(16)23(20)22(3,4)21(17)18;1-2/h5-13,15H,14H2,1-4H3;1-2H3/q+1;. The first kappa shape index (κ1) is 17.7. The molecule has 0 unspecified atom stereocenters. The summed E-state index contributed by atoms with van der Waals surface area (Å²) in [7, 11) is 0. The molecule has 0 N–H and O–H groups in total. The molecule has 0 amide bonds. The Morgan fingerprint density at radius 1 is 0.880 bits per heavy atom. The highest BCUT2D eigenvalue weighted by Crippen LogP contribution is 2.41. The van der Waals surface area contributed by atoms with E-state index >= 15 is 0 Å². The van der Waals surface area contributed by atoms with E-state index in [1.165, 1.54) is 33.3 Å². The average Bonchev–Trinajstić information content (AvgIpc) is 2.85. The molecule has 130 valence electrons. The molecular formula is C24H30N+. The minimum atomic E-state index is -0.0169. The number of rotatable bonds is 2. The number of hydrogen-bond donors (Lipinski definition) is 0. The Balaban J connectivity index is 0.000000880. The van der Waals surface area contributed by atoms with E-state index in [4.69, 9.17) is 0 Å². The van der Waals surface area contributed by atoms with E-state index in [-0.39, 0.29) is 5.54 Å². The lowest BCUT2D eigenvalue weighted by Gasteiger charge is -2.20. The number of hydrogen-bond acceptors (Lipinski definition) is 0. The van der Waals surface area contributed by atoms with Crippen molar-refractivity contribution < 1.29 is 4.57 Å². The van der Waals surface area contributed by atoms with Gasteiger partial charge in [-0.05, 0) is 36.1 Å². The van der Waals surface area contributed by atoms with Crippen LogP contribution in [0.3, 0.4) is 0 Å². The smallest absolute Gasteiger partial charge is 0.182 e. The molecule has 4 rings (SSSR count). The Morgan fingerprint density at radius 2 is 1.60 bits per heavy atom. The number of aromatic nitrogens is 1. The normalized spacial score (nSPS) is 14.0. The van der Waals surface area contributed by atoms with Crippen molar-refractivity contribution in [3.8, 4) is 11.3 Å². The molecule has 2 aromatic carbocycles. The van der Waals surface area contributed by atoms with Crippen LogP contribution in [-0.2, 0) is 12.0 Å². The highest BCUT2D eigenvalue weighted by molar-refractivity contribution is 5.80. The van der Waals surface area contributed by atoms with Gasteiger partial charge in [0.15, 0.2) is 5.54 Å². The molecular weight excluding hydrogens is 302 g/mol. The first-order valence-corrected chi connectivity index (χ1v) is 9.57. The van der Waals surface area contributed by atoms with E-state index in [1.807, 2.05) is 13.8 Å². The van der Waals surface area contributed by atoms with Gasteiger partial charge in [-0.15, -0.1) is 0 Å². The fraction of sp³-hybridized carbons (Fsp3) is 0.375. The predicted octanol–water partition coefficient (Wildman–Crippen LogP) is 6.12. The lowest BCUT2D eigenvalue weighted by molar-refractivity contribution is -0.707. The Hall–Kier alpha value is -2.15. The van der Waals surface area contributed by atoms with Crippen LogP contribution in [0.1, 0.15) is 52.7 Å². The monoisotopic (exact) mass is 332 g/mol. The summed E-state index contributed by atoms with van der Waals surface area (Å²) in [6, 6.07) is 20.1. The lowest BCUT2D eigenvalue weighted by Crippen LogP contribution is -2.51. The maximum absolute atomic E-state index is 2.52. The summed E-state index contributed by atoms with van der Waals surface area (Å²) in [5.41, 5.74) is 7.05. The van der Waals surface area contributed by atoms with Crippen molar-refractivity contribution in [1.82, 2.24) is 0 Å². The molecule has 1 nitrogen and oxygen atoms in total. The molecule has 25 heavy (non-hydrogen) atoms. The minimum absolute atomic E-state index is 0.0169. The van der Waals surface area contributed by atoms with Crippen LogP contribution in [0, 0.1) is 5.92 Å². The molecule has 0 fully saturated rings. The summed E-state index contributed by atoms with van der Waals surface area (Å²) >= 11 is 0. The number of benzene rings is 2. The third kappa shape index (κ3) is 2.76. The van der Waals surface area contributed by atoms with Crippen LogP contribution < -0.4 is 4.57 Å². The maximum atomic E-state index is 2.52. The van der Waals surface area contributed by atoms with Crippen LogP contribution in [-0.4, -0.2) is 0 Å². The summed E-state index contributed by atoms with van der Waals surface area (Å²) < 4.78 is 2.52. The van der Waals surface area contributed by atoms with Crippen LogP contribution in [0.15, 0.2) is 54.6 Å². The third-order valence-corrected chi connectivity index (χ3v) is 5.07. The molecule has 0 atom stereocenters. The topological polar surface area (TPSA) is 3.88 Å². The van der Waals surface area contributed by atoms with E-state index in [0.717, 1.165) is 6.42 Å². The molecule has 0 aliphatic carbocycles. The van der Waals surface area contributed by atoms with Gasteiger partial charge in [-0.2, -0.15) is 4.57 Å². The first-order valence-electron chi connectivity index (χ1n) is 9.57. The van der Waals surface area contributed by atoms with Crippen molar-refractivity contribution in [3.05, 3.63) is 65.7 Å². The Labute approximate surface area is 152 Å². The van der Waals surface area contributed by atoms with Gasteiger partial charge in [0.2, 0.25) is 11.2 Å². The van der Waals surface area contributed by atoms with Crippen molar-refractivity contribution in [2.45, 2.75) is 53.5 Å². The molecule has 3 aromatic rings. The fourth-order valence-electron chi connectivity index (χ4n) is 4.28. The van der Waals surface area contributed by atoms with Gasteiger partial charge in [-0.25, -0.2) is 0 Å². The van der Waals surface area contributed by atoms with Gasteiger partial charge in [-0.1, -0.05) is 52.0 Å². The number of nitrogens with zero attached hydrogens (tertiary/aromatic N) is 1. The van der Waals surface area contributed by atoms with Crippen LogP contribution in [0.4, 0.5) is 0 Å². The highest BCUT2D eigenvalue weighted by Gasteiger charge is 2.46. The Kier molecular flexibility index (Phi) is 4.69. The van der Waals surface area contributed by atoms with Gasteiger partial charge < -0.3 is 0 Å². The molecule has 2 heterocycles. The largest absolute Gasteiger partial charge is 0.214 e. The zero-order chi connectivity index (χ0) is 18.2. The molecule has 0 spiro atoms. The average molecular weight is 333 g/mol. The lowest BCUT2D eigenvalue weighted by atomic mass is 9.85. The zero-order valence-electron chi connectivity index (χ0n) is 16.4. The van der Waals surface area contributed by atoms with E-state index in [1.54, 1.807) is 0 Å². The Bertz CT molecular complexity index is 903. The fourth-order valence-corrected chi connectivity index (χ4v) is 4.28. The molecule has 0 saturated heterocycles. The number of pyridine rings is 1. The molecule has 1 aliphatic heterocycles. The molecule has 1 heteroatoms. The van der Waals surface area contributed by atoms with E-state index in [0.29, 0.717) is 5.92 Å². The van der Waals surface area contributed by atoms with Crippen LogP contribution in [0.2, 0.25) is 0 Å². The Morgan fingerprint density at radius 3 is 2.32 bits per heavy atom. The van der Waals surface area contributed by atoms with Crippen molar-refractivity contribution >= 4 is 10.9 Å². The molecule has 0 saturated carbocycles. The maximum Gasteiger partial charge on any atom is 0.214 e. The van der Waals surface area contributed by atoms with Gasteiger partial charge in [0, 0.05) is 36.9 Å². The molecule has 0 bridgehead atoms. The number of para-hydroxylation sites is 1. The van der Waals surface area contributed by atoms with Crippen molar-refractivity contribution in [2.24, 2.45) is 5.92 Å². The third-order valence-electron chi connectivity index (χ3n) is 5.07. The van der Waals surface area contributed by atoms with Crippen molar-refractivity contribution in [1.29, 1.82) is 0 Å². The summed E-state index contributed by atoms with van der Waals surface area (Å²) in [6.07, 6.45) is 1.14. The zero-order valence-corrected chi connectivity index (χ0v) is 16.4. The van der Waals surface area contributed by atoms with Crippen molar-refractivity contribution in [3.63, 3.8) is 0 Å². The van der Waals surface area contributed by atoms with Crippen LogP contribution in [0.5, 0.6) is 0 Å². The quantitative estimate of drug-likeness (QED) is 0.498. The van der Waals surface area contributed by atoms with Crippen molar-refractivity contribution in [2.75, 3.05) is 0 Å². The summed E-state index contributed by atoms with van der Waals surface area (Å²) in [5, 5.41) is 1.31. The highest BCUT2D eigenvalue weighted by atomic mass is 15.1. The molecule has 1 aliphatic rings. The van der Waals surface area contributed by atoms with E-state index in [2.05, 4.69) is 86.9 Å². The second kappa shape index (κ2) is 6.63. The number of fused-ring (bicyclic) bond motifs is 5. The molecule has 1 aromatic heterocycles.